The number of nitrogens with one attached hydrogen (secondary N) is 1. The van der Waals surface area contributed by atoms with Gasteiger partial charge in [-0.1, -0.05) is 37.6 Å². The molecule has 4 heterocycles. The van der Waals surface area contributed by atoms with Gasteiger partial charge < -0.3 is 0 Å². The van der Waals surface area contributed by atoms with Crippen LogP contribution in [-0.2, 0) is 20.0 Å². The fourth-order valence-electron chi connectivity index (χ4n) is 4.38. The highest BCUT2D eigenvalue weighted by Gasteiger charge is 2.18. The van der Waals surface area contributed by atoms with Gasteiger partial charge in [0.05, 0.1) is 12.7 Å². The number of tetrazole rings is 1. The van der Waals surface area contributed by atoms with E-state index in [4.69, 9.17) is 0 Å². The van der Waals surface area contributed by atoms with Crippen LogP contribution in [-0.4, -0.2) is 44.5 Å². The van der Waals surface area contributed by atoms with E-state index >= 15 is 0 Å². The normalized spacial score (nSPS) is 11.3. The number of hydrogen-bond donors (Lipinski definition) is 1. The van der Waals surface area contributed by atoms with Gasteiger partial charge in [-0.3, -0.25) is 18.8 Å². The fraction of sp³-hybridized carbons (Fsp3) is 0.280. The summed E-state index contributed by atoms with van der Waals surface area (Å²) >= 11 is 0. The van der Waals surface area contributed by atoms with Crippen LogP contribution in [0.3, 0.4) is 0 Å². The Labute approximate surface area is 202 Å². The first-order valence-electron chi connectivity index (χ1n) is 11.6. The summed E-state index contributed by atoms with van der Waals surface area (Å²) in [6.07, 6.45) is 10.2. The molecule has 10 heteroatoms. The van der Waals surface area contributed by atoms with Crippen LogP contribution in [0.2, 0.25) is 0 Å². The van der Waals surface area contributed by atoms with Gasteiger partial charge in [-0.25, -0.2) is 4.79 Å². The molecule has 0 aliphatic carbocycles. The molecule has 0 atom stereocenters. The Morgan fingerprint density at radius 3 is 2.54 bits per heavy atom. The van der Waals surface area contributed by atoms with Crippen LogP contribution in [0.1, 0.15) is 36.6 Å². The smallest absolute Gasteiger partial charge is 0.291 e. The van der Waals surface area contributed by atoms with Gasteiger partial charge in [-0.05, 0) is 47.7 Å². The van der Waals surface area contributed by atoms with Gasteiger partial charge in [0.25, 0.3) is 0 Å². The van der Waals surface area contributed by atoms with Crippen molar-refractivity contribution >= 4 is 0 Å². The van der Waals surface area contributed by atoms with Crippen molar-refractivity contribution in [1.29, 1.82) is 0 Å². The number of hydrogen-bond acceptors (Lipinski definition) is 6. The molecule has 0 amide bonds. The first-order valence-corrected chi connectivity index (χ1v) is 11.6. The van der Waals surface area contributed by atoms with Crippen molar-refractivity contribution < 1.29 is 0 Å². The van der Waals surface area contributed by atoms with Crippen molar-refractivity contribution in [2.75, 3.05) is 0 Å². The highest BCUT2D eigenvalue weighted by atomic mass is 16.1. The van der Waals surface area contributed by atoms with Crippen LogP contribution in [0, 0.1) is 6.92 Å². The van der Waals surface area contributed by atoms with Crippen LogP contribution >= 0.6 is 0 Å². The van der Waals surface area contributed by atoms with Crippen LogP contribution in [0.15, 0.2) is 59.9 Å². The molecule has 0 bridgehead atoms. The SMILES string of the molecule is CCCCc1cn(-c2c(C)cnn2C)c(=O)n1Cc1cnccc1-c1ccc(-c2nn[nH]n2)cc1. The summed E-state index contributed by atoms with van der Waals surface area (Å²) in [5, 5.41) is 18.5. The third kappa shape index (κ3) is 4.30. The number of rotatable bonds is 8. The summed E-state index contributed by atoms with van der Waals surface area (Å²) in [5.41, 5.74) is 5.78. The van der Waals surface area contributed by atoms with Gasteiger partial charge in [0, 0.05) is 42.5 Å². The molecule has 178 valence electrons. The first kappa shape index (κ1) is 22.5. The van der Waals surface area contributed by atoms with Gasteiger partial charge in [-0.2, -0.15) is 10.3 Å². The Bertz CT molecular complexity index is 1470. The maximum Gasteiger partial charge on any atom is 0.334 e. The van der Waals surface area contributed by atoms with Crippen molar-refractivity contribution in [2.45, 2.75) is 39.7 Å². The quantitative estimate of drug-likeness (QED) is 0.373. The third-order valence-electron chi connectivity index (χ3n) is 6.19. The van der Waals surface area contributed by atoms with Gasteiger partial charge >= 0.3 is 5.69 Å². The van der Waals surface area contributed by atoms with E-state index in [9.17, 15) is 4.79 Å². The third-order valence-corrected chi connectivity index (χ3v) is 6.19. The number of H-pyrrole nitrogens is 1. The summed E-state index contributed by atoms with van der Waals surface area (Å²) in [5.74, 6) is 1.33. The standard InChI is InChI=1S/C25H27N9O/c1-4-5-6-21-16-34(24-17(2)13-27-32(24)3)25(35)33(21)15-20-14-26-12-11-22(20)18-7-9-19(10-8-18)23-28-30-31-29-23/h7-14,16H,4-6,15H2,1-3H3,(H,28,29,30,31). The molecule has 0 aliphatic heterocycles. The fourth-order valence-corrected chi connectivity index (χ4v) is 4.38. The summed E-state index contributed by atoms with van der Waals surface area (Å²) in [6, 6.07) is 9.96. The second-order valence-corrected chi connectivity index (χ2v) is 8.58. The molecule has 0 radical (unpaired) electrons. The molecule has 0 unspecified atom stereocenters. The highest BCUT2D eigenvalue weighted by Crippen LogP contribution is 2.26. The summed E-state index contributed by atoms with van der Waals surface area (Å²) in [4.78, 5) is 18.0. The predicted octanol–water partition coefficient (Wildman–Crippen LogP) is 3.31. The number of aromatic amines is 1. The average Bonchev–Trinajstić information content (AvgIpc) is 3.60. The number of unbranched alkanes of at least 4 members (excludes halogenated alkanes) is 1. The molecular formula is C25H27N9O. The van der Waals surface area contributed by atoms with Gasteiger partial charge in [0.15, 0.2) is 0 Å². The maximum absolute atomic E-state index is 13.6. The van der Waals surface area contributed by atoms with E-state index in [2.05, 4.69) is 37.6 Å². The van der Waals surface area contributed by atoms with Gasteiger partial charge in [-0.15, -0.1) is 10.2 Å². The molecule has 5 aromatic rings. The van der Waals surface area contributed by atoms with E-state index in [-0.39, 0.29) is 5.69 Å². The lowest BCUT2D eigenvalue weighted by Crippen LogP contribution is -2.26. The van der Waals surface area contributed by atoms with E-state index in [1.807, 2.05) is 61.3 Å². The monoisotopic (exact) mass is 469 g/mol. The molecule has 0 fully saturated rings. The number of pyridine rings is 1. The zero-order chi connectivity index (χ0) is 24.4. The molecule has 35 heavy (non-hydrogen) atoms. The molecule has 1 aromatic carbocycles. The van der Waals surface area contributed by atoms with E-state index in [1.54, 1.807) is 21.6 Å². The number of aromatic nitrogens is 9. The van der Waals surface area contributed by atoms with Crippen molar-refractivity contribution in [3.05, 3.63) is 82.4 Å². The molecule has 1 N–H and O–H groups in total. The van der Waals surface area contributed by atoms with Crippen molar-refractivity contribution in [3.63, 3.8) is 0 Å². The van der Waals surface area contributed by atoms with Crippen LogP contribution < -0.4 is 5.69 Å². The molecule has 4 aromatic heterocycles. The Hall–Kier alpha value is -4.34. The Morgan fingerprint density at radius 1 is 1.06 bits per heavy atom. The molecule has 0 saturated heterocycles. The van der Waals surface area contributed by atoms with Crippen molar-refractivity contribution in [2.24, 2.45) is 7.05 Å². The van der Waals surface area contributed by atoms with Gasteiger partial charge in [0.1, 0.15) is 5.82 Å². The lowest BCUT2D eigenvalue weighted by Gasteiger charge is -2.12. The highest BCUT2D eigenvalue weighted by molar-refractivity contribution is 5.69. The lowest BCUT2D eigenvalue weighted by molar-refractivity contribution is 0.663. The second-order valence-electron chi connectivity index (χ2n) is 8.58. The minimum atomic E-state index is -0.0786. The largest absolute Gasteiger partial charge is 0.334 e. The van der Waals surface area contributed by atoms with E-state index in [0.29, 0.717) is 12.4 Å². The van der Waals surface area contributed by atoms with Crippen LogP contribution in [0.5, 0.6) is 0 Å². The van der Waals surface area contributed by atoms with Crippen molar-refractivity contribution in [1.82, 2.24) is 44.5 Å². The van der Waals surface area contributed by atoms with E-state index in [1.165, 1.54) is 0 Å². The zero-order valence-corrected chi connectivity index (χ0v) is 20.0. The molecule has 10 nitrogen and oxygen atoms in total. The summed E-state index contributed by atoms with van der Waals surface area (Å²) < 4.78 is 5.31. The molecule has 0 saturated carbocycles. The second kappa shape index (κ2) is 9.49. The molecule has 5 rings (SSSR count). The first-order chi connectivity index (χ1) is 17.1. The van der Waals surface area contributed by atoms with Crippen LogP contribution in [0.25, 0.3) is 28.3 Å². The number of aryl methyl sites for hydroxylation is 3. The minimum absolute atomic E-state index is 0.0786. The Balaban J connectivity index is 1.54. The van der Waals surface area contributed by atoms with Crippen molar-refractivity contribution in [3.8, 4) is 28.3 Å². The summed E-state index contributed by atoms with van der Waals surface area (Å²) in [6.45, 7) is 4.55. The van der Waals surface area contributed by atoms with Crippen LogP contribution in [0.4, 0.5) is 0 Å². The number of nitrogens with zero attached hydrogens (tertiary/aromatic N) is 8. The summed E-state index contributed by atoms with van der Waals surface area (Å²) in [7, 11) is 1.86. The molecule has 0 spiro atoms. The Kier molecular flexibility index (Phi) is 6.09. The van der Waals surface area contributed by atoms with E-state index < -0.39 is 0 Å². The maximum atomic E-state index is 13.6. The van der Waals surface area contributed by atoms with E-state index in [0.717, 1.165) is 58.6 Å². The Morgan fingerprint density at radius 2 is 1.86 bits per heavy atom. The lowest BCUT2D eigenvalue weighted by atomic mass is 10.00. The minimum Gasteiger partial charge on any atom is -0.291 e. The number of imidazole rings is 1. The number of benzene rings is 1. The predicted molar refractivity (Wildman–Crippen MR) is 132 cm³/mol. The molecular weight excluding hydrogens is 442 g/mol. The average molecular weight is 470 g/mol. The zero-order valence-electron chi connectivity index (χ0n) is 20.0. The van der Waals surface area contributed by atoms with Gasteiger partial charge in [0.2, 0.25) is 5.82 Å². The topological polar surface area (TPSA) is 112 Å². The molecule has 0 aliphatic rings.